The molecular formula is C40H58N6O17S4. The first-order valence-electron chi connectivity index (χ1n) is 21.0. The number of carbonyl (C=O) groups excluding carboxylic acids is 5. The Labute approximate surface area is 396 Å². The van der Waals surface area contributed by atoms with Gasteiger partial charge in [-0.15, -0.1) is 15.7 Å². The van der Waals surface area contributed by atoms with Crippen LogP contribution in [0.1, 0.15) is 86.3 Å². The zero-order valence-electron chi connectivity index (χ0n) is 38.3. The van der Waals surface area contributed by atoms with Crippen molar-refractivity contribution in [3.8, 4) is 5.88 Å². The molecule has 2 aliphatic rings. The predicted octanol–water partition coefficient (Wildman–Crippen LogP) is 1.67. The van der Waals surface area contributed by atoms with Crippen LogP contribution in [0.2, 0.25) is 0 Å². The minimum atomic E-state index is -4.61. The van der Waals surface area contributed by atoms with Crippen molar-refractivity contribution >= 4 is 90.1 Å². The van der Waals surface area contributed by atoms with Gasteiger partial charge in [-0.05, 0) is 67.5 Å². The highest BCUT2D eigenvalue weighted by Crippen LogP contribution is 2.42. The Morgan fingerprint density at radius 1 is 0.955 bits per heavy atom. The van der Waals surface area contributed by atoms with Crippen LogP contribution in [0.5, 0.6) is 5.88 Å². The van der Waals surface area contributed by atoms with Crippen molar-refractivity contribution in [1.82, 2.24) is 24.1 Å². The number of nitrogens with one attached hydrogen (secondary N) is 3. The summed E-state index contributed by atoms with van der Waals surface area (Å²) >= 11 is 1.51. The Balaban J connectivity index is 0.00000136. The fourth-order valence-corrected chi connectivity index (χ4v) is 11.9. The number of Topliss-reactive ketones (excluding diaryl/α,β-unsaturated/α-hetero) is 2. The van der Waals surface area contributed by atoms with Crippen LogP contribution in [-0.2, 0) is 67.6 Å². The molecule has 67 heavy (non-hydrogen) atoms. The molecule has 27 heteroatoms. The lowest BCUT2D eigenvalue weighted by Crippen LogP contribution is -2.44. The molecule has 0 aliphatic carbocycles. The normalized spacial score (nSPS) is 18.8. The summed E-state index contributed by atoms with van der Waals surface area (Å²) in [4.78, 5) is 86.0. The molecule has 2 aliphatic heterocycles. The third-order valence-corrected chi connectivity index (χ3v) is 16.2. The van der Waals surface area contributed by atoms with Gasteiger partial charge in [0.1, 0.15) is 21.1 Å². The summed E-state index contributed by atoms with van der Waals surface area (Å²) in [5.74, 6) is -9.44. The third-order valence-electron chi connectivity index (χ3n) is 9.99. The number of aromatic nitrogens is 2. The zero-order valence-corrected chi connectivity index (χ0v) is 41.5. The van der Waals surface area contributed by atoms with E-state index < -0.39 is 114 Å². The summed E-state index contributed by atoms with van der Waals surface area (Å²) in [5, 5.41) is 21.3. The smallest absolute Gasteiger partial charge is 0.328 e. The molecule has 2 aromatic rings. The molecule has 4 rings (SSSR count). The van der Waals surface area contributed by atoms with Crippen molar-refractivity contribution in [3.05, 3.63) is 23.8 Å². The molecule has 374 valence electrons. The lowest BCUT2D eigenvalue weighted by Gasteiger charge is -2.27. The Morgan fingerprint density at radius 2 is 1.55 bits per heavy atom. The maximum Gasteiger partial charge on any atom is 0.328 e. The van der Waals surface area contributed by atoms with Gasteiger partial charge in [0.05, 0.1) is 54.9 Å². The maximum atomic E-state index is 13.2. The number of carboxylic acids is 2. The van der Waals surface area contributed by atoms with Gasteiger partial charge < -0.3 is 44.7 Å². The molecule has 6 atom stereocenters. The van der Waals surface area contributed by atoms with Gasteiger partial charge in [0.15, 0.2) is 27.5 Å². The van der Waals surface area contributed by atoms with E-state index in [4.69, 9.17) is 29.2 Å². The van der Waals surface area contributed by atoms with Crippen LogP contribution >= 0.6 is 23.1 Å². The van der Waals surface area contributed by atoms with Gasteiger partial charge in [-0.2, -0.15) is 4.37 Å². The maximum absolute atomic E-state index is 13.2. The molecule has 1 amide bonds. The second-order valence-corrected chi connectivity index (χ2v) is 22.5. The van der Waals surface area contributed by atoms with Crippen LogP contribution in [0, 0.1) is 11.8 Å². The van der Waals surface area contributed by atoms with E-state index in [1.54, 1.807) is 6.92 Å². The van der Waals surface area contributed by atoms with Crippen LogP contribution in [0.15, 0.2) is 26.6 Å². The number of carbonyl (C=O) groups is 7. The number of anilines is 1. The molecule has 0 aromatic carbocycles. The number of ether oxygens (including phenoxy) is 4. The second-order valence-electron chi connectivity index (χ2n) is 16.4. The number of fused-ring (bicyclic) bond motifs is 1. The second kappa shape index (κ2) is 24.9. The number of carboxylic acid groups (broad SMARTS) is 2. The van der Waals surface area contributed by atoms with Gasteiger partial charge >= 0.3 is 23.9 Å². The molecule has 0 saturated carbocycles. The number of nitrogens with zero attached hydrogens (tertiary/aromatic N) is 3. The topological polar surface area (TPSA) is 330 Å². The number of hydrogen-bond acceptors (Lipinski definition) is 22. The highest BCUT2D eigenvalue weighted by molar-refractivity contribution is 7.95. The molecule has 23 nitrogen and oxygen atoms in total. The lowest BCUT2D eigenvalue weighted by molar-refractivity contribution is -0.159. The van der Waals surface area contributed by atoms with Crippen molar-refractivity contribution in [2.45, 2.75) is 112 Å². The molecule has 5 N–H and O–H groups in total. The Bertz CT molecular complexity index is 2340. The van der Waals surface area contributed by atoms with E-state index in [0.29, 0.717) is 68.0 Å². The van der Waals surface area contributed by atoms with Crippen molar-refractivity contribution in [2.24, 2.45) is 11.8 Å². The van der Waals surface area contributed by atoms with E-state index in [9.17, 15) is 50.4 Å². The van der Waals surface area contributed by atoms with E-state index in [2.05, 4.69) is 19.4 Å². The molecule has 0 bridgehead atoms. The summed E-state index contributed by atoms with van der Waals surface area (Å²) in [6.07, 6.45) is -1.71. The number of morpholine rings is 1. The summed E-state index contributed by atoms with van der Waals surface area (Å²) in [5.41, 5.74) is -0.0276. The Morgan fingerprint density at radius 3 is 2.12 bits per heavy atom. The number of rotatable bonds is 22. The van der Waals surface area contributed by atoms with Gasteiger partial charge in [0, 0.05) is 48.9 Å². The van der Waals surface area contributed by atoms with Crippen molar-refractivity contribution in [2.75, 3.05) is 50.9 Å². The van der Waals surface area contributed by atoms with Crippen molar-refractivity contribution in [3.63, 3.8) is 0 Å². The number of thiophene rings is 1. The molecule has 0 spiro atoms. The van der Waals surface area contributed by atoms with Crippen LogP contribution in [0.3, 0.4) is 0 Å². The number of sulfonamides is 1. The summed E-state index contributed by atoms with van der Waals surface area (Å²) in [7, 11) is -8.41. The van der Waals surface area contributed by atoms with Crippen molar-refractivity contribution < 1.29 is 79.6 Å². The standard InChI is InChI=1S/C36H54N6O13S4.C4H4O4/c1-9-37-26-16-20(2)58(48,49)35-25(26)17-29(56-35)59(50,51)41-33(47)22(4)30(45)21(3)31(46)23(5)54-27(43)10-11-28(44)55-24(18-38-36(6,7)8)19-53-34-32(39-57-40-34)42-12-14-52-15-13-42;5-3(6)1-2-4(7)8/h17,20-24,26,37-38H,9-16,18-19H2,1-8H3,(H,41,47);1-2H,(H,5,6)(H,7,8)/b;2-1-/t20-,21-,22+,23-,24-,26-;/m0./s1. The predicted molar refractivity (Wildman–Crippen MR) is 241 cm³/mol. The van der Waals surface area contributed by atoms with Crippen LogP contribution in [0.4, 0.5) is 5.82 Å². The van der Waals surface area contributed by atoms with E-state index in [1.807, 2.05) is 37.3 Å². The summed E-state index contributed by atoms with van der Waals surface area (Å²) in [6.45, 7) is 15.7. The van der Waals surface area contributed by atoms with E-state index in [1.165, 1.54) is 19.9 Å². The number of aliphatic carboxylic acids is 2. The molecule has 2 aromatic heterocycles. The van der Waals surface area contributed by atoms with E-state index in [0.717, 1.165) is 18.7 Å². The Kier molecular flexibility index (Phi) is 21.0. The first kappa shape index (κ1) is 56.4. The van der Waals surface area contributed by atoms with Gasteiger partial charge in [-0.25, -0.2) is 31.1 Å². The Hall–Kier alpha value is -4.93. The highest BCUT2D eigenvalue weighted by atomic mass is 32.3. The summed E-state index contributed by atoms with van der Waals surface area (Å²) < 4.78 is 84.5. The van der Waals surface area contributed by atoms with Crippen molar-refractivity contribution in [1.29, 1.82) is 0 Å². The molecule has 0 unspecified atom stereocenters. The van der Waals surface area contributed by atoms with E-state index in [-0.39, 0.29) is 34.9 Å². The number of esters is 2. The average molecular weight is 1020 g/mol. The fourth-order valence-electron chi connectivity index (χ4n) is 6.31. The molecule has 0 radical (unpaired) electrons. The van der Waals surface area contributed by atoms with Gasteiger partial charge in [-0.1, -0.05) is 6.92 Å². The fraction of sp³-hybridized carbons (Fsp3) is 0.625. The van der Waals surface area contributed by atoms with Gasteiger partial charge in [-0.3, -0.25) is 24.0 Å². The molecule has 1 fully saturated rings. The number of hydrogen-bond donors (Lipinski definition) is 5. The molecular weight excluding hydrogens is 965 g/mol. The lowest BCUT2D eigenvalue weighted by atomic mass is 9.90. The van der Waals surface area contributed by atoms with E-state index >= 15 is 0 Å². The monoisotopic (exact) mass is 1020 g/mol. The van der Waals surface area contributed by atoms with Gasteiger partial charge in [0.2, 0.25) is 11.7 Å². The summed E-state index contributed by atoms with van der Waals surface area (Å²) in [6, 6.07) is 0.796. The number of amides is 1. The van der Waals surface area contributed by atoms with Crippen LogP contribution < -0.4 is 25.0 Å². The number of ketones is 2. The highest BCUT2D eigenvalue weighted by Gasteiger charge is 2.41. The first-order chi connectivity index (χ1) is 31.2. The minimum Gasteiger partial charge on any atom is -0.478 e. The SMILES string of the molecule is CCN[C@H]1C[C@H](C)S(=O)(=O)c2sc(S(=O)(=O)NC(=O)[C@H](C)C(=O)[C@H](C)C(=O)[C@H](C)OC(=O)CCC(=O)O[C@@H](CNC(C)(C)C)COc3nsnc3N3CCOCC3)cc21.O=C(O)/C=C\C(=O)O. The quantitative estimate of drug-likeness (QED) is 0.0636. The van der Waals surface area contributed by atoms with Gasteiger partial charge in [0.25, 0.3) is 15.9 Å². The molecule has 1 saturated heterocycles. The van der Waals surface area contributed by atoms with Crippen LogP contribution in [0.25, 0.3) is 0 Å². The van der Waals surface area contributed by atoms with Crippen LogP contribution in [-0.4, -0.2) is 146 Å². The minimum absolute atomic E-state index is 0.0570. The average Bonchev–Trinajstić information content (AvgIpc) is 3.94. The molecule has 4 heterocycles. The third kappa shape index (κ3) is 17.0. The largest absolute Gasteiger partial charge is 0.478 e. The zero-order chi connectivity index (χ0) is 50.4. The number of sulfone groups is 1. The first-order valence-corrected chi connectivity index (χ1v) is 25.6.